The molecule has 2 atom stereocenters. The lowest BCUT2D eigenvalue weighted by molar-refractivity contribution is -0.139. The Hall–Kier alpha value is -1.34. The molecule has 27 heavy (non-hydrogen) atoms. The number of carboxylic acid groups (broad SMARTS) is 1. The molecule has 0 aliphatic heterocycles. The molecule has 0 amide bonds. The number of allylic oxidation sites excluding steroid dienone is 1. The quantitative estimate of drug-likeness (QED) is 0.571. The second-order valence-corrected chi connectivity index (χ2v) is 7.54. The molecule has 150 valence electrons. The van der Waals surface area contributed by atoms with Crippen molar-refractivity contribution in [3.05, 3.63) is 33.3 Å². The van der Waals surface area contributed by atoms with Crippen molar-refractivity contribution in [1.29, 1.82) is 0 Å². The van der Waals surface area contributed by atoms with Crippen LogP contribution in [0.1, 0.15) is 50.5 Å². The molecule has 1 aliphatic carbocycles. The number of rotatable bonds is 8. The smallest absolute Gasteiger partial charge is 0.305 e. The third-order valence-corrected chi connectivity index (χ3v) is 4.89. The van der Waals surface area contributed by atoms with Crippen LogP contribution in [0.2, 0.25) is 10.0 Å². The van der Waals surface area contributed by atoms with Crippen molar-refractivity contribution in [3.8, 4) is 5.75 Å². The predicted octanol–water partition coefficient (Wildman–Crippen LogP) is 4.60. The topological polar surface area (TPSA) is 87.0 Å². The number of ether oxygens (including phenoxy) is 1. The first-order valence-electron chi connectivity index (χ1n) is 8.85. The highest BCUT2D eigenvalue weighted by Crippen LogP contribution is 2.40. The molecule has 8 heteroatoms. The largest absolute Gasteiger partial charge is 0.489 e. The summed E-state index contributed by atoms with van der Waals surface area (Å²) in [4.78, 5) is 10.6. The molecule has 1 aromatic rings. The maximum Gasteiger partial charge on any atom is 0.305 e. The summed E-state index contributed by atoms with van der Waals surface area (Å²) in [6.45, 7) is -0.270. The summed E-state index contributed by atoms with van der Waals surface area (Å²) in [6, 6.07) is 2.86. The van der Waals surface area contributed by atoms with Crippen LogP contribution < -0.4 is 4.74 Å². The van der Waals surface area contributed by atoms with Crippen LogP contribution >= 0.6 is 23.2 Å². The zero-order valence-corrected chi connectivity index (χ0v) is 16.3. The zero-order chi connectivity index (χ0) is 20.0. The minimum Gasteiger partial charge on any atom is -0.489 e. The average Bonchev–Trinajstić information content (AvgIpc) is 2.59. The molecular formula is C19H23Cl2FO5. The second-order valence-electron chi connectivity index (χ2n) is 6.69. The third kappa shape index (κ3) is 6.64. The SMILES string of the molecule is O=C(O)C[C@H](O)C[C@H](O)COc1c(Cl)cc(Cl)cc1C(F)=C1CCCCC1. The van der Waals surface area contributed by atoms with E-state index in [-0.39, 0.29) is 34.4 Å². The van der Waals surface area contributed by atoms with Gasteiger partial charge in [0.25, 0.3) is 0 Å². The van der Waals surface area contributed by atoms with Crippen LogP contribution in [-0.2, 0) is 4.79 Å². The van der Waals surface area contributed by atoms with E-state index < -0.39 is 30.4 Å². The minimum absolute atomic E-state index is 0.0726. The summed E-state index contributed by atoms with van der Waals surface area (Å²) in [5, 5.41) is 28.6. The average molecular weight is 421 g/mol. The summed E-state index contributed by atoms with van der Waals surface area (Å²) < 4.78 is 20.6. The van der Waals surface area contributed by atoms with E-state index in [2.05, 4.69) is 0 Å². The van der Waals surface area contributed by atoms with Crippen molar-refractivity contribution in [3.63, 3.8) is 0 Å². The van der Waals surface area contributed by atoms with Gasteiger partial charge in [0.05, 0.1) is 29.2 Å². The number of aliphatic hydroxyl groups is 2. The first kappa shape index (κ1) is 22.0. The normalized spacial score (nSPS) is 16.7. The molecule has 0 saturated heterocycles. The third-order valence-electron chi connectivity index (χ3n) is 4.39. The van der Waals surface area contributed by atoms with Crippen molar-refractivity contribution in [2.75, 3.05) is 6.61 Å². The Morgan fingerprint density at radius 3 is 2.44 bits per heavy atom. The monoisotopic (exact) mass is 420 g/mol. The molecule has 1 saturated carbocycles. The van der Waals surface area contributed by atoms with E-state index in [4.69, 9.17) is 33.0 Å². The minimum atomic E-state index is -1.21. The van der Waals surface area contributed by atoms with Gasteiger partial charge in [0.15, 0.2) is 0 Å². The van der Waals surface area contributed by atoms with Crippen molar-refractivity contribution in [1.82, 2.24) is 0 Å². The van der Waals surface area contributed by atoms with Crippen LogP contribution in [0.4, 0.5) is 4.39 Å². The van der Waals surface area contributed by atoms with E-state index in [1.807, 2.05) is 0 Å². The lowest BCUT2D eigenvalue weighted by Crippen LogP contribution is -2.25. The highest BCUT2D eigenvalue weighted by molar-refractivity contribution is 6.36. The highest BCUT2D eigenvalue weighted by atomic mass is 35.5. The van der Waals surface area contributed by atoms with Gasteiger partial charge < -0.3 is 20.1 Å². The fraction of sp³-hybridized carbons (Fsp3) is 0.526. The number of benzene rings is 1. The molecular weight excluding hydrogens is 398 g/mol. The van der Waals surface area contributed by atoms with Gasteiger partial charge in [0.1, 0.15) is 18.2 Å². The van der Waals surface area contributed by atoms with Crippen molar-refractivity contribution in [2.24, 2.45) is 0 Å². The van der Waals surface area contributed by atoms with Crippen molar-refractivity contribution < 1.29 is 29.2 Å². The standard InChI is InChI=1S/C19H23Cl2FO5/c20-12-6-15(18(22)11-4-2-1-3-5-11)19(16(21)7-12)27-10-14(24)8-13(23)9-17(25)26/h6-7,13-14,23-24H,1-5,8-10H2,(H,25,26)/t13-,14+/m1/s1. The summed E-state index contributed by atoms with van der Waals surface area (Å²) in [6.07, 6.45) is 1.24. The Morgan fingerprint density at radius 1 is 1.15 bits per heavy atom. The van der Waals surface area contributed by atoms with Crippen molar-refractivity contribution in [2.45, 2.75) is 57.2 Å². The molecule has 0 aromatic heterocycles. The number of aliphatic carboxylic acids is 1. The molecule has 2 rings (SSSR count). The molecule has 1 aliphatic rings. The zero-order valence-electron chi connectivity index (χ0n) is 14.8. The van der Waals surface area contributed by atoms with Gasteiger partial charge in [-0.25, -0.2) is 4.39 Å². The van der Waals surface area contributed by atoms with Gasteiger partial charge in [-0.1, -0.05) is 29.6 Å². The first-order valence-corrected chi connectivity index (χ1v) is 9.61. The van der Waals surface area contributed by atoms with E-state index in [1.165, 1.54) is 12.1 Å². The maximum absolute atomic E-state index is 15.0. The van der Waals surface area contributed by atoms with E-state index in [0.717, 1.165) is 19.3 Å². The van der Waals surface area contributed by atoms with Gasteiger partial charge >= 0.3 is 5.97 Å². The molecule has 1 fully saturated rings. The maximum atomic E-state index is 15.0. The molecule has 0 radical (unpaired) electrons. The number of hydrogen-bond donors (Lipinski definition) is 3. The van der Waals surface area contributed by atoms with Crippen LogP contribution in [0.15, 0.2) is 17.7 Å². The summed E-state index contributed by atoms with van der Waals surface area (Å²) in [5.74, 6) is -1.50. The second kappa shape index (κ2) is 10.3. The number of carboxylic acids is 1. The summed E-state index contributed by atoms with van der Waals surface area (Å²) >= 11 is 12.2. The van der Waals surface area contributed by atoms with Crippen molar-refractivity contribution >= 4 is 35.0 Å². The van der Waals surface area contributed by atoms with Crippen LogP contribution in [0.3, 0.4) is 0 Å². The number of aliphatic hydroxyl groups excluding tert-OH is 2. The number of halogens is 3. The van der Waals surface area contributed by atoms with Crippen LogP contribution in [-0.4, -0.2) is 40.1 Å². The van der Waals surface area contributed by atoms with Gasteiger partial charge in [0.2, 0.25) is 0 Å². The van der Waals surface area contributed by atoms with Crippen LogP contribution in [0.5, 0.6) is 5.75 Å². The van der Waals surface area contributed by atoms with E-state index >= 15 is 4.39 Å². The molecule has 3 N–H and O–H groups in total. The molecule has 0 spiro atoms. The van der Waals surface area contributed by atoms with Gasteiger partial charge in [0, 0.05) is 11.4 Å². The Morgan fingerprint density at radius 2 is 1.81 bits per heavy atom. The lowest BCUT2D eigenvalue weighted by atomic mass is 9.92. The molecule has 0 bridgehead atoms. The summed E-state index contributed by atoms with van der Waals surface area (Å²) in [7, 11) is 0. The molecule has 0 heterocycles. The summed E-state index contributed by atoms with van der Waals surface area (Å²) in [5.41, 5.74) is 0.838. The Labute approximate surface area is 167 Å². The lowest BCUT2D eigenvalue weighted by Gasteiger charge is -2.20. The van der Waals surface area contributed by atoms with Gasteiger partial charge in [-0.3, -0.25) is 4.79 Å². The Bertz CT molecular complexity index is 700. The Kier molecular flexibility index (Phi) is 8.35. The first-order chi connectivity index (χ1) is 12.8. The van der Waals surface area contributed by atoms with Gasteiger partial charge in [-0.15, -0.1) is 0 Å². The van der Waals surface area contributed by atoms with Gasteiger partial charge in [-0.2, -0.15) is 0 Å². The predicted molar refractivity (Wildman–Crippen MR) is 102 cm³/mol. The Balaban J connectivity index is 2.15. The molecule has 5 nitrogen and oxygen atoms in total. The van der Waals surface area contributed by atoms with Crippen LogP contribution in [0, 0.1) is 0 Å². The van der Waals surface area contributed by atoms with E-state index in [0.29, 0.717) is 18.4 Å². The van der Waals surface area contributed by atoms with E-state index in [9.17, 15) is 15.0 Å². The fourth-order valence-electron chi connectivity index (χ4n) is 3.11. The highest BCUT2D eigenvalue weighted by Gasteiger charge is 2.21. The molecule has 0 unspecified atom stereocenters. The van der Waals surface area contributed by atoms with Crippen LogP contribution in [0.25, 0.3) is 5.83 Å². The van der Waals surface area contributed by atoms with E-state index in [1.54, 1.807) is 0 Å². The van der Waals surface area contributed by atoms with Gasteiger partial charge in [-0.05, 0) is 43.4 Å². The number of carbonyl (C=O) groups is 1. The molecule has 1 aromatic carbocycles. The fourth-order valence-corrected chi connectivity index (χ4v) is 3.65. The number of hydrogen-bond acceptors (Lipinski definition) is 4.